The molecule has 0 amide bonds. The minimum absolute atomic E-state index is 0.363. The lowest BCUT2D eigenvalue weighted by atomic mass is 10.1. The second-order valence-corrected chi connectivity index (χ2v) is 3.31. The molecule has 82 valence electrons. The van der Waals surface area contributed by atoms with Gasteiger partial charge in [-0.2, -0.15) is 0 Å². The molecule has 6 nitrogen and oxygen atoms in total. The molecule has 1 unspecified atom stereocenters. The molecular weight excluding hydrogens is 208 g/mol. The predicted octanol–water partition coefficient (Wildman–Crippen LogP) is -0.494. The number of aromatic nitrogens is 3. The van der Waals surface area contributed by atoms with Gasteiger partial charge in [0, 0.05) is 24.2 Å². The molecule has 0 aliphatic heterocycles. The molecule has 0 bridgehead atoms. The van der Waals surface area contributed by atoms with Crippen LogP contribution in [0.1, 0.15) is 17.3 Å². The van der Waals surface area contributed by atoms with Gasteiger partial charge in [-0.3, -0.25) is 14.8 Å². The Balaban J connectivity index is 2.45. The lowest BCUT2D eigenvalue weighted by Crippen LogP contribution is -2.26. The summed E-state index contributed by atoms with van der Waals surface area (Å²) in [6, 6.07) is 4.21. The van der Waals surface area contributed by atoms with Crippen LogP contribution >= 0.6 is 0 Å². The van der Waals surface area contributed by atoms with E-state index in [0.717, 1.165) is 5.56 Å². The standard InChI is InChI=1S/C10H10N4O2/c11-9(6-2-1-3-12-5-6)7-4-8(15)14-10(16)13-7/h1-5,9H,11H2,(H2,13,14,15,16). The molecule has 2 aromatic rings. The zero-order valence-electron chi connectivity index (χ0n) is 8.31. The Labute approximate surface area is 90.2 Å². The van der Waals surface area contributed by atoms with Gasteiger partial charge in [-0.25, -0.2) is 4.79 Å². The topological polar surface area (TPSA) is 105 Å². The first kappa shape index (κ1) is 10.3. The largest absolute Gasteiger partial charge is 0.325 e. The summed E-state index contributed by atoms with van der Waals surface area (Å²) >= 11 is 0. The number of hydrogen-bond donors (Lipinski definition) is 3. The van der Waals surface area contributed by atoms with E-state index in [1.165, 1.54) is 6.07 Å². The minimum atomic E-state index is -0.568. The summed E-state index contributed by atoms with van der Waals surface area (Å²) in [5.74, 6) is 0. The van der Waals surface area contributed by atoms with E-state index in [0.29, 0.717) is 5.69 Å². The summed E-state index contributed by atoms with van der Waals surface area (Å²) in [5.41, 5.74) is 5.94. The maximum absolute atomic E-state index is 11.1. The van der Waals surface area contributed by atoms with Gasteiger partial charge in [0.15, 0.2) is 0 Å². The van der Waals surface area contributed by atoms with Crippen LogP contribution in [0.5, 0.6) is 0 Å². The smallest absolute Gasteiger partial charge is 0.319 e. The Morgan fingerprint density at radius 1 is 1.31 bits per heavy atom. The van der Waals surface area contributed by atoms with Crippen molar-refractivity contribution >= 4 is 0 Å². The molecule has 4 N–H and O–H groups in total. The second-order valence-electron chi connectivity index (χ2n) is 3.31. The number of nitrogens with one attached hydrogen (secondary N) is 2. The molecule has 2 aromatic heterocycles. The average molecular weight is 218 g/mol. The lowest BCUT2D eigenvalue weighted by molar-refractivity contribution is 0.797. The van der Waals surface area contributed by atoms with E-state index in [1.807, 2.05) is 0 Å². The lowest BCUT2D eigenvalue weighted by Gasteiger charge is -2.10. The van der Waals surface area contributed by atoms with Crippen LogP contribution in [-0.2, 0) is 0 Å². The van der Waals surface area contributed by atoms with Crippen molar-refractivity contribution in [3.8, 4) is 0 Å². The van der Waals surface area contributed by atoms with Crippen LogP contribution in [0.2, 0.25) is 0 Å². The van der Waals surface area contributed by atoms with Crippen molar-refractivity contribution in [2.45, 2.75) is 6.04 Å². The Morgan fingerprint density at radius 2 is 2.12 bits per heavy atom. The molecule has 0 fully saturated rings. The van der Waals surface area contributed by atoms with E-state index in [2.05, 4.69) is 15.0 Å². The van der Waals surface area contributed by atoms with Gasteiger partial charge in [0.1, 0.15) is 0 Å². The van der Waals surface area contributed by atoms with Gasteiger partial charge in [0.25, 0.3) is 5.56 Å². The zero-order valence-corrected chi connectivity index (χ0v) is 8.31. The molecule has 0 saturated heterocycles. The Bertz CT molecular complexity index is 559. The van der Waals surface area contributed by atoms with Crippen LogP contribution in [0, 0.1) is 0 Å². The minimum Gasteiger partial charge on any atom is -0.319 e. The molecule has 0 aliphatic carbocycles. The van der Waals surface area contributed by atoms with Crippen molar-refractivity contribution in [3.05, 3.63) is 62.7 Å². The molecule has 0 aliphatic rings. The molecule has 2 heterocycles. The van der Waals surface area contributed by atoms with E-state index in [4.69, 9.17) is 5.73 Å². The summed E-state index contributed by atoms with van der Waals surface area (Å²) < 4.78 is 0. The van der Waals surface area contributed by atoms with Gasteiger partial charge in [-0.05, 0) is 11.6 Å². The van der Waals surface area contributed by atoms with Crippen LogP contribution in [0.4, 0.5) is 0 Å². The molecule has 6 heteroatoms. The van der Waals surface area contributed by atoms with Crippen molar-refractivity contribution < 1.29 is 0 Å². The van der Waals surface area contributed by atoms with Gasteiger partial charge < -0.3 is 10.7 Å². The van der Waals surface area contributed by atoms with Crippen molar-refractivity contribution in [2.75, 3.05) is 0 Å². The van der Waals surface area contributed by atoms with E-state index >= 15 is 0 Å². The number of nitrogens with zero attached hydrogens (tertiary/aromatic N) is 1. The van der Waals surface area contributed by atoms with E-state index in [1.54, 1.807) is 24.5 Å². The third-order valence-electron chi connectivity index (χ3n) is 2.16. The molecule has 16 heavy (non-hydrogen) atoms. The quantitative estimate of drug-likeness (QED) is 0.632. The number of nitrogens with two attached hydrogens (primary N) is 1. The Morgan fingerprint density at radius 3 is 2.75 bits per heavy atom. The van der Waals surface area contributed by atoms with Gasteiger partial charge in [0.2, 0.25) is 0 Å². The molecule has 0 radical (unpaired) electrons. The maximum Gasteiger partial charge on any atom is 0.325 e. The number of hydrogen-bond acceptors (Lipinski definition) is 4. The predicted molar refractivity (Wildman–Crippen MR) is 58.0 cm³/mol. The molecule has 2 rings (SSSR count). The van der Waals surface area contributed by atoms with Gasteiger partial charge >= 0.3 is 5.69 Å². The SMILES string of the molecule is NC(c1cccnc1)c1cc(=O)[nH]c(=O)[nH]1. The highest BCUT2D eigenvalue weighted by atomic mass is 16.2. The van der Waals surface area contributed by atoms with Crippen LogP contribution < -0.4 is 17.0 Å². The molecule has 0 spiro atoms. The van der Waals surface area contributed by atoms with E-state index in [9.17, 15) is 9.59 Å². The highest BCUT2D eigenvalue weighted by molar-refractivity contribution is 5.23. The van der Waals surface area contributed by atoms with Crippen molar-refractivity contribution in [1.29, 1.82) is 0 Å². The second kappa shape index (κ2) is 4.11. The normalized spacial score (nSPS) is 12.3. The summed E-state index contributed by atoms with van der Waals surface area (Å²) in [5, 5.41) is 0. The van der Waals surface area contributed by atoms with Crippen molar-refractivity contribution in [1.82, 2.24) is 15.0 Å². The number of pyridine rings is 1. The summed E-state index contributed by atoms with van der Waals surface area (Å²) in [7, 11) is 0. The number of rotatable bonds is 2. The average Bonchev–Trinajstić information content (AvgIpc) is 2.28. The third-order valence-corrected chi connectivity index (χ3v) is 2.16. The van der Waals surface area contributed by atoms with Gasteiger partial charge in [-0.1, -0.05) is 6.07 Å². The fraction of sp³-hybridized carbons (Fsp3) is 0.100. The highest BCUT2D eigenvalue weighted by Crippen LogP contribution is 2.13. The van der Waals surface area contributed by atoms with Gasteiger partial charge in [0.05, 0.1) is 6.04 Å². The molecule has 1 atom stereocenters. The fourth-order valence-corrected chi connectivity index (χ4v) is 1.39. The summed E-state index contributed by atoms with van der Waals surface area (Å²) in [6.45, 7) is 0. The summed E-state index contributed by atoms with van der Waals surface area (Å²) in [4.78, 5) is 30.6. The van der Waals surface area contributed by atoms with Crippen LogP contribution in [0.25, 0.3) is 0 Å². The first-order valence-corrected chi connectivity index (χ1v) is 4.66. The number of H-pyrrole nitrogens is 2. The monoisotopic (exact) mass is 218 g/mol. The third kappa shape index (κ3) is 2.06. The Hall–Kier alpha value is -2.21. The van der Waals surface area contributed by atoms with E-state index in [-0.39, 0.29) is 0 Å². The van der Waals surface area contributed by atoms with E-state index < -0.39 is 17.3 Å². The van der Waals surface area contributed by atoms with Gasteiger partial charge in [-0.15, -0.1) is 0 Å². The first-order valence-electron chi connectivity index (χ1n) is 4.66. The van der Waals surface area contributed by atoms with Crippen molar-refractivity contribution in [3.63, 3.8) is 0 Å². The van der Waals surface area contributed by atoms with Crippen LogP contribution in [0.3, 0.4) is 0 Å². The molecule has 0 aromatic carbocycles. The highest BCUT2D eigenvalue weighted by Gasteiger charge is 2.10. The number of aromatic amines is 2. The Kier molecular flexibility index (Phi) is 2.65. The zero-order chi connectivity index (χ0) is 11.5. The molecule has 0 saturated carbocycles. The summed E-state index contributed by atoms with van der Waals surface area (Å²) in [6.07, 6.45) is 3.21. The van der Waals surface area contributed by atoms with Crippen molar-refractivity contribution in [2.24, 2.45) is 5.73 Å². The van der Waals surface area contributed by atoms with Crippen LogP contribution in [0.15, 0.2) is 40.2 Å². The maximum atomic E-state index is 11.1. The first-order chi connectivity index (χ1) is 7.66. The van der Waals surface area contributed by atoms with Crippen LogP contribution in [-0.4, -0.2) is 15.0 Å². The fourth-order valence-electron chi connectivity index (χ4n) is 1.39. The molecular formula is C10H10N4O2.